The molecule has 1 aliphatic rings. The van der Waals surface area contributed by atoms with E-state index in [1.165, 1.54) is 0 Å². The fourth-order valence-electron chi connectivity index (χ4n) is 2.65. The number of aromatic carboxylic acids is 1. The topological polar surface area (TPSA) is 80.0 Å². The average Bonchev–Trinajstić information content (AvgIpc) is 3.13. The number of pyridine rings is 1. The lowest BCUT2D eigenvalue weighted by Gasteiger charge is -2.11. The minimum Gasteiger partial charge on any atom is -0.478 e. The minimum atomic E-state index is -0.924. The van der Waals surface area contributed by atoms with Gasteiger partial charge < -0.3 is 10.4 Å². The summed E-state index contributed by atoms with van der Waals surface area (Å²) in [5.41, 5.74) is 2.39. The normalized spacial score (nSPS) is 13.1. The lowest BCUT2D eigenvalue weighted by molar-refractivity contribution is 0.0697. The third-order valence-electron chi connectivity index (χ3n) is 3.70. The second-order valence-corrected chi connectivity index (χ2v) is 5.20. The van der Waals surface area contributed by atoms with Crippen molar-refractivity contribution in [2.45, 2.75) is 32.2 Å². The van der Waals surface area contributed by atoms with E-state index in [9.17, 15) is 9.90 Å². The summed E-state index contributed by atoms with van der Waals surface area (Å²) in [7, 11) is 0. The third-order valence-corrected chi connectivity index (χ3v) is 3.70. The van der Waals surface area contributed by atoms with Gasteiger partial charge in [0.05, 0.1) is 0 Å². The number of aromatic nitrogens is 3. The third kappa shape index (κ3) is 3.04. The van der Waals surface area contributed by atoms with Crippen LogP contribution in [0, 0.1) is 0 Å². The molecular weight excluding hydrogens is 268 g/mol. The fraction of sp³-hybridized carbons (Fsp3) is 0.400. The second kappa shape index (κ2) is 5.95. The van der Waals surface area contributed by atoms with Crippen molar-refractivity contribution >= 4 is 11.8 Å². The average molecular weight is 286 g/mol. The molecule has 0 fully saturated rings. The number of carbonyl (C=O) groups is 1. The van der Waals surface area contributed by atoms with Crippen LogP contribution in [0.15, 0.2) is 24.5 Å². The van der Waals surface area contributed by atoms with Gasteiger partial charge in [0.1, 0.15) is 11.4 Å². The van der Waals surface area contributed by atoms with Crippen LogP contribution < -0.4 is 5.32 Å². The Morgan fingerprint density at radius 3 is 3.10 bits per heavy atom. The predicted octanol–water partition coefficient (Wildman–Crippen LogP) is 1.97. The molecule has 3 rings (SSSR count). The molecule has 0 bridgehead atoms. The molecule has 2 heterocycles. The molecule has 0 saturated carbocycles. The van der Waals surface area contributed by atoms with Gasteiger partial charge in [-0.05, 0) is 43.4 Å². The van der Waals surface area contributed by atoms with Gasteiger partial charge in [-0.25, -0.2) is 9.78 Å². The van der Waals surface area contributed by atoms with E-state index < -0.39 is 5.97 Å². The first kappa shape index (κ1) is 13.6. The SMILES string of the molecule is O=C(O)c1cc2c(nc1NCCCn1cccn1)CCC2. The largest absolute Gasteiger partial charge is 0.478 e. The van der Waals surface area contributed by atoms with Gasteiger partial charge in [-0.2, -0.15) is 5.10 Å². The van der Waals surface area contributed by atoms with Gasteiger partial charge in [0.25, 0.3) is 0 Å². The fourth-order valence-corrected chi connectivity index (χ4v) is 2.65. The Labute approximate surface area is 122 Å². The van der Waals surface area contributed by atoms with Gasteiger partial charge in [-0.1, -0.05) is 0 Å². The molecule has 110 valence electrons. The molecule has 6 heteroatoms. The van der Waals surface area contributed by atoms with Crippen LogP contribution in [-0.4, -0.2) is 32.4 Å². The summed E-state index contributed by atoms with van der Waals surface area (Å²) < 4.78 is 1.86. The van der Waals surface area contributed by atoms with Gasteiger partial charge in [-0.3, -0.25) is 4.68 Å². The van der Waals surface area contributed by atoms with Gasteiger partial charge in [0.15, 0.2) is 0 Å². The highest BCUT2D eigenvalue weighted by Gasteiger charge is 2.19. The van der Waals surface area contributed by atoms with Crippen LogP contribution in [-0.2, 0) is 19.4 Å². The Morgan fingerprint density at radius 1 is 1.43 bits per heavy atom. The van der Waals surface area contributed by atoms with Gasteiger partial charge in [-0.15, -0.1) is 0 Å². The molecule has 2 aromatic heterocycles. The molecule has 0 unspecified atom stereocenters. The maximum atomic E-state index is 11.3. The van der Waals surface area contributed by atoms with Crippen molar-refractivity contribution in [3.63, 3.8) is 0 Å². The van der Waals surface area contributed by atoms with E-state index in [0.29, 0.717) is 12.4 Å². The van der Waals surface area contributed by atoms with Crippen LogP contribution in [0.2, 0.25) is 0 Å². The summed E-state index contributed by atoms with van der Waals surface area (Å²) in [5, 5.41) is 16.6. The summed E-state index contributed by atoms with van der Waals surface area (Å²) in [5.74, 6) is -0.435. The Balaban J connectivity index is 1.65. The second-order valence-electron chi connectivity index (χ2n) is 5.20. The van der Waals surface area contributed by atoms with Crippen LogP contribution in [0.4, 0.5) is 5.82 Å². The summed E-state index contributed by atoms with van der Waals surface area (Å²) in [6, 6.07) is 3.66. The number of rotatable bonds is 6. The first-order valence-electron chi connectivity index (χ1n) is 7.21. The lowest BCUT2D eigenvalue weighted by atomic mass is 10.1. The molecule has 2 aromatic rings. The van der Waals surface area contributed by atoms with Crippen molar-refractivity contribution in [1.82, 2.24) is 14.8 Å². The first-order valence-corrected chi connectivity index (χ1v) is 7.21. The summed E-state index contributed by atoms with van der Waals surface area (Å²) in [6.07, 6.45) is 7.46. The molecule has 6 nitrogen and oxygen atoms in total. The molecule has 0 amide bonds. The van der Waals surface area contributed by atoms with Gasteiger partial charge >= 0.3 is 5.97 Å². The van der Waals surface area contributed by atoms with Crippen LogP contribution in [0.3, 0.4) is 0 Å². The zero-order chi connectivity index (χ0) is 14.7. The van der Waals surface area contributed by atoms with Crippen LogP contribution in [0.25, 0.3) is 0 Å². The maximum absolute atomic E-state index is 11.3. The van der Waals surface area contributed by atoms with Gasteiger partial charge in [0.2, 0.25) is 0 Å². The predicted molar refractivity (Wildman–Crippen MR) is 78.6 cm³/mol. The van der Waals surface area contributed by atoms with E-state index in [1.54, 1.807) is 12.3 Å². The highest BCUT2D eigenvalue weighted by molar-refractivity contribution is 5.93. The standard InChI is InChI=1S/C15H18N4O2/c20-15(21)12-10-11-4-1-5-13(11)18-14(12)16-6-2-8-19-9-3-7-17-19/h3,7,9-10H,1-2,4-6,8H2,(H,16,18)(H,20,21). The van der Waals surface area contributed by atoms with Crippen molar-refractivity contribution in [2.75, 3.05) is 11.9 Å². The smallest absolute Gasteiger partial charge is 0.339 e. The minimum absolute atomic E-state index is 0.273. The van der Waals surface area contributed by atoms with Crippen molar-refractivity contribution in [1.29, 1.82) is 0 Å². The van der Waals surface area contributed by atoms with Crippen LogP contribution in [0.5, 0.6) is 0 Å². The van der Waals surface area contributed by atoms with E-state index in [-0.39, 0.29) is 5.56 Å². The molecule has 0 radical (unpaired) electrons. The van der Waals surface area contributed by atoms with E-state index in [1.807, 2.05) is 16.9 Å². The number of fused-ring (bicyclic) bond motifs is 1. The lowest BCUT2D eigenvalue weighted by Crippen LogP contribution is -2.13. The van der Waals surface area contributed by atoms with E-state index >= 15 is 0 Å². The van der Waals surface area contributed by atoms with Crippen molar-refractivity contribution in [2.24, 2.45) is 0 Å². The Morgan fingerprint density at radius 2 is 2.33 bits per heavy atom. The Bertz CT molecular complexity index is 637. The number of hydrogen-bond acceptors (Lipinski definition) is 4. The van der Waals surface area contributed by atoms with Crippen LogP contribution in [0.1, 0.15) is 34.5 Å². The number of aryl methyl sites for hydroxylation is 3. The zero-order valence-corrected chi connectivity index (χ0v) is 11.7. The van der Waals surface area contributed by atoms with E-state index in [4.69, 9.17) is 0 Å². The number of nitrogens with zero attached hydrogens (tertiary/aromatic N) is 3. The molecule has 2 N–H and O–H groups in total. The summed E-state index contributed by atoms with van der Waals surface area (Å²) >= 11 is 0. The highest BCUT2D eigenvalue weighted by atomic mass is 16.4. The summed E-state index contributed by atoms with van der Waals surface area (Å²) in [6.45, 7) is 1.47. The molecule has 0 saturated heterocycles. The molecule has 0 atom stereocenters. The summed E-state index contributed by atoms with van der Waals surface area (Å²) in [4.78, 5) is 15.8. The molecular formula is C15H18N4O2. The molecule has 1 aliphatic carbocycles. The quantitative estimate of drug-likeness (QED) is 0.794. The number of carboxylic acid groups (broad SMARTS) is 1. The van der Waals surface area contributed by atoms with E-state index in [0.717, 1.165) is 43.5 Å². The first-order chi connectivity index (χ1) is 10.2. The molecule has 21 heavy (non-hydrogen) atoms. The number of nitrogens with one attached hydrogen (secondary N) is 1. The van der Waals surface area contributed by atoms with Crippen molar-refractivity contribution < 1.29 is 9.90 Å². The van der Waals surface area contributed by atoms with Crippen molar-refractivity contribution in [3.8, 4) is 0 Å². The van der Waals surface area contributed by atoms with E-state index in [2.05, 4.69) is 15.4 Å². The van der Waals surface area contributed by atoms with Gasteiger partial charge in [0, 0.05) is 31.2 Å². The number of carboxylic acids is 1. The number of hydrogen-bond donors (Lipinski definition) is 2. The highest BCUT2D eigenvalue weighted by Crippen LogP contribution is 2.25. The van der Waals surface area contributed by atoms with Crippen LogP contribution >= 0.6 is 0 Å². The van der Waals surface area contributed by atoms with Crippen molar-refractivity contribution in [3.05, 3.63) is 41.3 Å². The maximum Gasteiger partial charge on any atom is 0.339 e. The monoisotopic (exact) mass is 286 g/mol. The molecule has 0 aliphatic heterocycles. The molecule has 0 spiro atoms. The Hall–Kier alpha value is -2.37. The molecule has 0 aromatic carbocycles. The zero-order valence-electron chi connectivity index (χ0n) is 11.7. The Kier molecular flexibility index (Phi) is 3.85. The number of anilines is 1.